The summed E-state index contributed by atoms with van der Waals surface area (Å²) in [6.07, 6.45) is 7.03. The summed E-state index contributed by atoms with van der Waals surface area (Å²) in [5.41, 5.74) is 0. The van der Waals surface area contributed by atoms with E-state index in [1.165, 1.54) is 12.8 Å². The minimum atomic E-state index is 0.441. The molecule has 0 aliphatic carbocycles. The van der Waals surface area contributed by atoms with Crippen molar-refractivity contribution in [2.45, 2.75) is 25.3 Å². The number of aromatic nitrogens is 2. The third-order valence-electron chi connectivity index (χ3n) is 3.97. The van der Waals surface area contributed by atoms with E-state index in [9.17, 15) is 0 Å². The maximum absolute atomic E-state index is 5.78. The van der Waals surface area contributed by atoms with Crippen LogP contribution in [0.3, 0.4) is 0 Å². The van der Waals surface area contributed by atoms with E-state index in [4.69, 9.17) is 4.74 Å². The predicted octanol–water partition coefficient (Wildman–Crippen LogP) is 0.629. The molecule has 3 heterocycles. The summed E-state index contributed by atoms with van der Waals surface area (Å²) in [6, 6.07) is 0.441. The maximum atomic E-state index is 5.78. The van der Waals surface area contributed by atoms with Crippen LogP contribution in [-0.2, 0) is 0 Å². The number of nitrogens with one attached hydrogen (secondary N) is 3. The van der Waals surface area contributed by atoms with Crippen molar-refractivity contribution in [2.75, 3.05) is 38.1 Å². The van der Waals surface area contributed by atoms with Crippen LogP contribution < -0.4 is 20.7 Å². The summed E-state index contributed by atoms with van der Waals surface area (Å²) in [5, 5.41) is 10.00. The molecule has 3 N–H and O–H groups in total. The highest BCUT2D eigenvalue weighted by Crippen LogP contribution is 2.15. The average Bonchev–Trinajstić information content (AvgIpc) is 3.01. The molecule has 1 aromatic rings. The Balaban J connectivity index is 1.45. The number of piperidine rings is 1. The molecule has 0 bridgehead atoms. The van der Waals surface area contributed by atoms with Gasteiger partial charge in [0.05, 0.1) is 19.0 Å². The molecule has 6 heteroatoms. The van der Waals surface area contributed by atoms with Crippen molar-refractivity contribution in [3.05, 3.63) is 12.4 Å². The fourth-order valence-corrected chi connectivity index (χ4v) is 2.69. The lowest BCUT2D eigenvalue weighted by Crippen LogP contribution is -2.30. The summed E-state index contributed by atoms with van der Waals surface area (Å²) in [5.74, 6) is 2.10. The van der Waals surface area contributed by atoms with Gasteiger partial charge in [0.15, 0.2) is 5.75 Å². The quantitative estimate of drug-likeness (QED) is 0.733. The van der Waals surface area contributed by atoms with E-state index in [1.807, 2.05) is 0 Å². The fourth-order valence-electron chi connectivity index (χ4n) is 2.69. The van der Waals surface area contributed by atoms with Crippen molar-refractivity contribution in [3.63, 3.8) is 0 Å². The molecule has 6 nitrogen and oxygen atoms in total. The monoisotopic (exact) mass is 277 g/mol. The lowest BCUT2D eigenvalue weighted by molar-refractivity contribution is 0.214. The molecule has 0 saturated carbocycles. The molecule has 0 amide bonds. The topological polar surface area (TPSA) is 71.1 Å². The van der Waals surface area contributed by atoms with Gasteiger partial charge in [-0.3, -0.25) is 0 Å². The molecule has 0 aromatic carbocycles. The maximum Gasteiger partial charge on any atom is 0.223 e. The van der Waals surface area contributed by atoms with Crippen molar-refractivity contribution in [3.8, 4) is 5.75 Å². The third-order valence-corrected chi connectivity index (χ3v) is 3.97. The van der Waals surface area contributed by atoms with Gasteiger partial charge in [-0.1, -0.05) is 0 Å². The standard InChI is InChI=1S/C14H23N5O/c1-4-15-5-2-11(1)10-20-13-8-17-14(18-9-13)19-12-3-6-16-7-12/h8-9,11-12,15-16H,1-7,10H2,(H,17,18,19). The Hall–Kier alpha value is -1.40. The first-order valence-corrected chi connectivity index (χ1v) is 7.53. The molecule has 20 heavy (non-hydrogen) atoms. The molecular weight excluding hydrogens is 254 g/mol. The van der Waals surface area contributed by atoms with Gasteiger partial charge in [0.25, 0.3) is 0 Å². The number of anilines is 1. The van der Waals surface area contributed by atoms with Gasteiger partial charge in [-0.2, -0.15) is 0 Å². The summed E-state index contributed by atoms with van der Waals surface area (Å²) < 4.78 is 5.78. The van der Waals surface area contributed by atoms with Gasteiger partial charge in [0.2, 0.25) is 5.95 Å². The number of ether oxygens (including phenoxy) is 1. The third kappa shape index (κ3) is 3.80. The number of rotatable bonds is 5. The van der Waals surface area contributed by atoms with Crippen molar-refractivity contribution < 1.29 is 4.74 Å². The van der Waals surface area contributed by atoms with Gasteiger partial charge >= 0.3 is 0 Å². The van der Waals surface area contributed by atoms with Crippen molar-refractivity contribution in [2.24, 2.45) is 5.92 Å². The van der Waals surface area contributed by atoms with Crippen LogP contribution in [0.4, 0.5) is 5.95 Å². The molecule has 110 valence electrons. The average molecular weight is 277 g/mol. The second-order valence-corrected chi connectivity index (χ2v) is 5.58. The SMILES string of the molecule is c1nc(NC2CCNC2)ncc1OCC1CCNCC1. The Morgan fingerprint density at radius 3 is 2.55 bits per heavy atom. The van der Waals surface area contributed by atoms with Crippen LogP contribution in [-0.4, -0.2) is 48.8 Å². The van der Waals surface area contributed by atoms with E-state index >= 15 is 0 Å². The summed E-state index contributed by atoms with van der Waals surface area (Å²) in [7, 11) is 0. The molecule has 3 rings (SSSR count). The normalized spacial score (nSPS) is 23.7. The Labute approximate surface area is 119 Å². The molecular formula is C14H23N5O. The first-order chi connectivity index (χ1) is 9.90. The van der Waals surface area contributed by atoms with E-state index in [2.05, 4.69) is 25.9 Å². The van der Waals surface area contributed by atoms with Crippen molar-refractivity contribution in [1.82, 2.24) is 20.6 Å². The van der Waals surface area contributed by atoms with E-state index < -0.39 is 0 Å². The van der Waals surface area contributed by atoms with Crippen LogP contribution in [0.5, 0.6) is 5.75 Å². The molecule has 2 aliphatic rings. The smallest absolute Gasteiger partial charge is 0.223 e. The molecule has 1 aromatic heterocycles. The van der Waals surface area contributed by atoms with Gasteiger partial charge in [0, 0.05) is 12.6 Å². The van der Waals surface area contributed by atoms with Crippen LogP contribution in [0.1, 0.15) is 19.3 Å². The summed E-state index contributed by atoms with van der Waals surface area (Å²) >= 11 is 0. The molecule has 1 unspecified atom stereocenters. The summed E-state index contributed by atoms with van der Waals surface area (Å²) in [4.78, 5) is 8.64. The number of nitrogens with zero attached hydrogens (tertiary/aromatic N) is 2. The van der Waals surface area contributed by atoms with Gasteiger partial charge < -0.3 is 20.7 Å². The Bertz CT molecular complexity index is 399. The highest BCUT2D eigenvalue weighted by atomic mass is 16.5. The Kier molecular flexibility index (Phi) is 4.65. The van der Waals surface area contributed by atoms with Crippen LogP contribution in [0.25, 0.3) is 0 Å². The zero-order chi connectivity index (χ0) is 13.6. The van der Waals surface area contributed by atoms with Gasteiger partial charge in [-0.05, 0) is 44.8 Å². The van der Waals surface area contributed by atoms with Crippen molar-refractivity contribution in [1.29, 1.82) is 0 Å². The molecule has 0 radical (unpaired) electrons. The highest BCUT2D eigenvalue weighted by Gasteiger charge is 2.15. The molecule has 1 atom stereocenters. The lowest BCUT2D eigenvalue weighted by Gasteiger charge is -2.22. The summed E-state index contributed by atoms with van der Waals surface area (Å²) in [6.45, 7) is 5.02. The van der Waals surface area contributed by atoms with Crippen LogP contribution >= 0.6 is 0 Å². The van der Waals surface area contributed by atoms with Gasteiger partial charge in [-0.25, -0.2) is 9.97 Å². The van der Waals surface area contributed by atoms with Crippen molar-refractivity contribution >= 4 is 5.95 Å². The van der Waals surface area contributed by atoms with E-state index in [1.54, 1.807) is 12.4 Å². The van der Waals surface area contributed by atoms with E-state index in [-0.39, 0.29) is 0 Å². The zero-order valence-electron chi connectivity index (χ0n) is 11.8. The van der Waals surface area contributed by atoms with E-state index in [0.717, 1.165) is 45.0 Å². The molecule has 2 saturated heterocycles. The van der Waals surface area contributed by atoms with Gasteiger partial charge in [0.1, 0.15) is 0 Å². The van der Waals surface area contributed by atoms with E-state index in [0.29, 0.717) is 17.9 Å². The van der Waals surface area contributed by atoms with Gasteiger partial charge in [-0.15, -0.1) is 0 Å². The predicted molar refractivity (Wildman–Crippen MR) is 78.0 cm³/mol. The second kappa shape index (κ2) is 6.85. The Morgan fingerprint density at radius 2 is 1.85 bits per heavy atom. The van der Waals surface area contributed by atoms with Crippen LogP contribution in [0.2, 0.25) is 0 Å². The largest absolute Gasteiger partial charge is 0.490 e. The highest BCUT2D eigenvalue weighted by molar-refractivity contribution is 5.28. The fraction of sp³-hybridized carbons (Fsp3) is 0.714. The molecule has 2 aliphatic heterocycles. The first-order valence-electron chi connectivity index (χ1n) is 7.53. The minimum absolute atomic E-state index is 0.441. The number of hydrogen-bond acceptors (Lipinski definition) is 6. The molecule has 0 spiro atoms. The molecule has 2 fully saturated rings. The minimum Gasteiger partial charge on any atom is -0.490 e. The van der Waals surface area contributed by atoms with Crippen LogP contribution in [0, 0.1) is 5.92 Å². The van der Waals surface area contributed by atoms with Crippen LogP contribution in [0.15, 0.2) is 12.4 Å². The number of hydrogen-bond donors (Lipinski definition) is 3. The lowest BCUT2D eigenvalue weighted by atomic mass is 9.99. The zero-order valence-corrected chi connectivity index (χ0v) is 11.8. The first kappa shape index (κ1) is 13.6. The second-order valence-electron chi connectivity index (χ2n) is 5.58. The Morgan fingerprint density at radius 1 is 1.10 bits per heavy atom.